The number of nitrogens with zero attached hydrogens (tertiary/aromatic N) is 3. The summed E-state index contributed by atoms with van der Waals surface area (Å²) in [5, 5.41) is 0. The van der Waals surface area contributed by atoms with Crippen LogP contribution in [0.5, 0.6) is 0 Å². The molecular weight excluding hydrogens is 216 g/mol. The molecule has 2 aromatic rings. The largest absolute Gasteiger partial charge is 0.347 e. The number of fused-ring (bicyclic) bond motifs is 1. The number of aryl methyl sites for hydroxylation is 1. The predicted molar refractivity (Wildman–Crippen MR) is 66.3 cm³/mol. The number of hydrogen-bond donors (Lipinski definition) is 1. The molecule has 0 saturated heterocycles. The first-order valence-electron chi connectivity index (χ1n) is 5.38. The fraction of sp³-hybridized carbons (Fsp3) is 0.333. The van der Waals surface area contributed by atoms with Gasteiger partial charge in [0.25, 0.3) is 0 Å². The lowest BCUT2D eigenvalue weighted by Gasteiger charge is -2.16. The van der Waals surface area contributed by atoms with Gasteiger partial charge in [-0.3, -0.25) is 4.79 Å². The first-order valence-corrected chi connectivity index (χ1v) is 5.38. The number of carbonyl (C=O) groups excluding carboxylic acids is 1. The summed E-state index contributed by atoms with van der Waals surface area (Å²) in [6.45, 7) is 0. The van der Waals surface area contributed by atoms with Gasteiger partial charge in [-0.2, -0.15) is 0 Å². The zero-order chi connectivity index (χ0) is 12.6. The molecule has 1 aromatic carbocycles. The Balaban J connectivity index is 2.39. The van der Waals surface area contributed by atoms with E-state index >= 15 is 0 Å². The van der Waals surface area contributed by atoms with Gasteiger partial charge < -0.3 is 15.2 Å². The second-order valence-electron chi connectivity index (χ2n) is 4.31. The van der Waals surface area contributed by atoms with Gasteiger partial charge in [-0.25, -0.2) is 4.98 Å². The van der Waals surface area contributed by atoms with E-state index in [4.69, 9.17) is 5.73 Å². The summed E-state index contributed by atoms with van der Waals surface area (Å²) in [7, 11) is 5.32. The molecule has 1 heterocycles. The molecule has 0 fully saturated rings. The summed E-state index contributed by atoms with van der Waals surface area (Å²) in [5.74, 6) is -0.111. The number of carbonyl (C=O) groups is 1. The molecule has 0 saturated carbocycles. The van der Waals surface area contributed by atoms with Crippen LogP contribution in [-0.4, -0.2) is 34.5 Å². The van der Waals surface area contributed by atoms with Crippen LogP contribution in [0.4, 0.5) is 0 Å². The summed E-state index contributed by atoms with van der Waals surface area (Å²) in [5.41, 5.74) is 8.58. The van der Waals surface area contributed by atoms with Gasteiger partial charge in [0, 0.05) is 21.1 Å². The van der Waals surface area contributed by atoms with Crippen molar-refractivity contribution in [3.63, 3.8) is 0 Å². The molecule has 5 nitrogen and oxygen atoms in total. The Bertz CT molecular complexity index is 559. The molecule has 1 unspecified atom stereocenters. The van der Waals surface area contributed by atoms with Crippen molar-refractivity contribution in [2.45, 2.75) is 6.04 Å². The number of likely N-dealkylation sites (N-methyl/N-ethyl adjacent to an activating group) is 1. The van der Waals surface area contributed by atoms with Crippen LogP contribution in [0, 0.1) is 0 Å². The van der Waals surface area contributed by atoms with Crippen LogP contribution >= 0.6 is 0 Å². The Kier molecular flexibility index (Phi) is 2.85. The lowest BCUT2D eigenvalue weighted by Crippen LogP contribution is -2.33. The Labute approximate surface area is 99.8 Å². The van der Waals surface area contributed by atoms with Crippen LogP contribution in [-0.2, 0) is 11.8 Å². The van der Waals surface area contributed by atoms with Crippen molar-refractivity contribution in [2.75, 3.05) is 14.1 Å². The van der Waals surface area contributed by atoms with Gasteiger partial charge in [0.1, 0.15) is 6.04 Å². The molecule has 5 heteroatoms. The quantitative estimate of drug-likeness (QED) is 0.827. The Morgan fingerprint density at radius 3 is 2.82 bits per heavy atom. The van der Waals surface area contributed by atoms with Crippen molar-refractivity contribution in [1.29, 1.82) is 0 Å². The van der Waals surface area contributed by atoms with Gasteiger partial charge in [0.15, 0.2) is 0 Å². The third kappa shape index (κ3) is 2.01. The van der Waals surface area contributed by atoms with Gasteiger partial charge in [-0.05, 0) is 17.7 Å². The van der Waals surface area contributed by atoms with Gasteiger partial charge in [0.05, 0.1) is 17.4 Å². The first-order chi connectivity index (χ1) is 8.00. The molecule has 1 amide bonds. The predicted octanol–water partition coefficient (Wildman–Crippen LogP) is 0.661. The zero-order valence-corrected chi connectivity index (χ0v) is 10.2. The Morgan fingerprint density at radius 1 is 1.47 bits per heavy atom. The summed E-state index contributed by atoms with van der Waals surface area (Å²) < 4.78 is 1.93. The maximum absolute atomic E-state index is 11.8. The highest BCUT2D eigenvalue weighted by Gasteiger charge is 2.18. The molecular formula is C12H16N4O. The number of rotatable bonds is 2. The fourth-order valence-electron chi connectivity index (χ4n) is 1.77. The van der Waals surface area contributed by atoms with E-state index in [-0.39, 0.29) is 5.91 Å². The lowest BCUT2D eigenvalue weighted by atomic mass is 10.1. The second-order valence-corrected chi connectivity index (χ2v) is 4.31. The molecule has 0 aliphatic heterocycles. The number of benzene rings is 1. The van der Waals surface area contributed by atoms with Gasteiger partial charge in [-0.15, -0.1) is 0 Å². The van der Waals surface area contributed by atoms with Crippen molar-refractivity contribution in [3.8, 4) is 0 Å². The van der Waals surface area contributed by atoms with E-state index in [9.17, 15) is 4.79 Å². The molecule has 1 aromatic heterocycles. The van der Waals surface area contributed by atoms with Crippen LogP contribution in [0.2, 0.25) is 0 Å². The standard InChI is InChI=1S/C12H16N4O/c1-15(2)12(17)11(13)8-4-5-10-9(6-8)14-7-16(10)3/h4-7,11H,13H2,1-3H3. The molecule has 90 valence electrons. The summed E-state index contributed by atoms with van der Waals surface area (Å²) >= 11 is 0. The summed E-state index contributed by atoms with van der Waals surface area (Å²) in [6, 6.07) is 5.04. The van der Waals surface area contributed by atoms with Crippen LogP contribution in [0.15, 0.2) is 24.5 Å². The minimum absolute atomic E-state index is 0.111. The van der Waals surface area contributed by atoms with Crippen molar-refractivity contribution >= 4 is 16.9 Å². The molecule has 2 N–H and O–H groups in total. The van der Waals surface area contributed by atoms with Crippen LogP contribution < -0.4 is 5.73 Å². The van der Waals surface area contributed by atoms with E-state index in [2.05, 4.69) is 4.98 Å². The van der Waals surface area contributed by atoms with E-state index in [1.54, 1.807) is 20.4 Å². The number of amides is 1. The summed E-state index contributed by atoms with van der Waals surface area (Å²) in [6.07, 6.45) is 1.74. The van der Waals surface area contributed by atoms with E-state index in [1.807, 2.05) is 29.8 Å². The van der Waals surface area contributed by atoms with Crippen molar-refractivity contribution in [3.05, 3.63) is 30.1 Å². The van der Waals surface area contributed by atoms with Crippen LogP contribution in [0.1, 0.15) is 11.6 Å². The normalized spacial score (nSPS) is 12.7. The van der Waals surface area contributed by atoms with Gasteiger partial charge in [-0.1, -0.05) is 6.07 Å². The van der Waals surface area contributed by atoms with Gasteiger partial charge >= 0.3 is 0 Å². The maximum atomic E-state index is 11.8. The molecule has 2 rings (SSSR count). The second kappa shape index (κ2) is 4.18. The third-order valence-electron chi connectivity index (χ3n) is 2.82. The summed E-state index contributed by atoms with van der Waals surface area (Å²) in [4.78, 5) is 17.5. The van der Waals surface area contributed by atoms with E-state index in [0.717, 1.165) is 16.6 Å². The highest BCUT2D eigenvalue weighted by atomic mass is 16.2. The number of hydrogen-bond acceptors (Lipinski definition) is 3. The number of nitrogens with two attached hydrogens (primary N) is 1. The molecule has 0 aliphatic carbocycles. The Hall–Kier alpha value is -1.88. The third-order valence-corrected chi connectivity index (χ3v) is 2.82. The van der Waals surface area contributed by atoms with Crippen LogP contribution in [0.3, 0.4) is 0 Å². The molecule has 0 aliphatic rings. The van der Waals surface area contributed by atoms with E-state index in [1.165, 1.54) is 4.90 Å². The molecule has 1 atom stereocenters. The highest BCUT2D eigenvalue weighted by molar-refractivity contribution is 5.84. The number of imidazole rings is 1. The zero-order valence-electron chi connectivity index (χ0n) is 10.2. The first kappa shape index (κ1) is 11.6. The average molecular weight is 232 g/mol. The van der Waals surface area contributed by atoms with Gasteiger partial charge in [0.2, 0.25) is 5.91 Å². The minimum Gasteiger partial charge on any atom is -0.347 e. The topological polar surface area (TPSA) is 64.2 Å². The minimum atomic E-state index is -0.628. The highest BCUT2D eigenvalue weighted by Crippen LogP contribution is 2.18. The monoisotopic (exact) mass is 232 g/mol. The molecule has 0 radical (unpaired) electrons. The molecule has 0 spiro atoms. The van der Waals surface area contributed by atoms with Crippen molar-refractivity contribution in [1.82, 2.24) is 14.5 Å². The number of aromatic nitrogens is 2. The van der Waals surface area contributed by atoms with E-state index in [0.29, 0.717) is 0 Å². The van der Waals surface area contributed by atoms with E-state index < -0.39 is 6.04 Å². The molecule has 0 bridgehead atoms. The lowest BCUT2D eigenvalue weighted by molar-refractivity contribution is -0.130. The van der Waals surface area contributed by atoms with Crippen molar-refractivity contribution < 1.29 is 4.79 Å². The average Bonchev–Trinajstić information content (AvgIpc) is 2.68. The van der Waals surface area contributed by atoms with Crippen molar-refractivity contribution in [2.24, 2.45) is 12.8 Å². The molecule has 17 heavy (non-hydrogen) atoms. The van der Waals surface area contributed by atoms with Crippen LogP contribution in [0.25, 0.3) is 11.0 Å². The SMILES string of the molecule is CN(C)C(=O)C(N)c1ccc2c(c1)ncn2C. The Morgan fingerprint density at radius 2 is 2.18 bits per heavy atom. The smallest absolute Gasteiger partial charge is 0.243 e. The maximum Gasteiger partial charge on any atom is 0.243 e. The fourth-order valence-corrected chi connectivity index (χ4v) is 1.77.